The van der Waals surface area contributed by atoms with Gasteiger partial charge in [-0.3, -0.25) is 4.79 Å². The van der Waals surface area contributed by atoms with E-state index < -0.39 is 0 Å². The molecule has 1 unspecified atom stereocenters. The van der Waals surface area contributed by atoms with E-state index >= 15 is 0 Å². The van der Waals surface area contributed by atoms with Gasteiger partial charge in [0.25, 0.3) is 0 Å². The Morgan fingerprint density at radius 2 is 2.00 bits per heavy atom. The molecule has 3 nitrogen and oxygen atoms in total. The summed E-state index contributed by atoms with van der Waals surface area (Å²) in [4.78, 5) is 10.8. The van der Waals surface area contributed by atoms with Crippen LogP contribution in [0, 0.1) is 0 Å². The van der Waals surface area contributed by atoms with Crippen LogP contribution in [0.3, 0.4) is 0 Å². The van der Waals surface area contributed by atoms with Crippen molar-refractivity contribution in [2.45, 2.75) is 51.1 Å². The summed E-state index contributed by atoms with van der Waals surface area (Å²) in [5, 5.41) is 3.28. The molecule has 1 aliphatic carbocycles. The average Bonchev–Trinajstić information content (AvgIpc) is 2.35. The smallest absolute Gasteiger partial charge is 0.234 e. The van der Waals surface area contributed by atoms with Crippen LogP contribution in [0.1, 0.15) is 39.5 Å². The quantitative estimate of drug-likeness (QED) is 0.657. The molecule has 1 saturated carbocycles. The molecule has 0 aromatic rings. The molecule has 0 heterocycles. The topological polar surface area (TPSA) is 55.1 Å². The molecular formula is C9H18N2O. The van der Waals surface area contributed by atoms with Crippen molar-refractivity contribution < 1.29 is 4.79 Å². The minimum absolute atomic E-state index is 0.147. The maximum atomic E-state index is 10.8. The molecule has 70 valence electrons. The number of hydrogen-bond acceptors (Lipinski definition) is 2. The lowest BCUT2D eigenvalue weighted by Crippen LogP contribution is -2.50. The highest BCUT2D eigenvalue weighted by Crippen LogP contribution is 2.29. The van der Waals surface area contributed by atoms with Crippen molar-refractivity contribution in [2.24, 2.45) is 5.73 Å². The molecule has 1 atom stereocenters. The standard InChI is InChI=1S/C9H18N2O/c1-7(8(10)12)11-9(2)5-3-4-6-9/h7,11H,3-6H2,1-2H3,(H2,10,12). The van der Waals surface area contributed by atoms with Gasteiger partial charge in [-0.2, -0.15) is 0 Å². The van der Waals surface area contributed by atoms with Crippen LogP contribution < -0.4 is 11.1 Å². The Labute approximate surface area is 73.7 Å². The van der Waals surface area contributed by atoms with E-state index in [9.17, 15) is 4.79 Å². The van der Waals surface area contributed by atoms with Crippen molar-refractivity contribution in [3.8, 4) is 0 Å². The molecule has 3 heteroatoms. The Morgan fingerprint density at radius 1 is 1.50 bits per heavy atom. The van der Waals surface area contributed by atoms with Gasteiger partial charge < -0.3 is 11.1 Å². The first-order chi connectivity index (χ1) is 5.53. The summed E-state index contributed by atoms with van der Waals surface area (Å²) in [5.41, 5.74) is 5.32. The number of carbonyl (C=O) groups excluding carboxylic acids is 1. The zero-order valence-electron chi connectivity index (χ0n) is 7.89. The van der Waals surface area contributed by atoms with Crippen molar-refractivity contribution in [3.05, 3.63) is 0 Å². The minimum Gasteiger partial charge on any atom is -0.368 e. The van der Waals surface area contributed by atoms with Gasteiger partial charge >= 0.3 is 0 Å². The van der Waals surface area contributed by atoms with E-state index in [2.05, 4.69) is 12.2 Å². The van der Waals surface area contributed by atoms with Crippen LogP contribution in [0.4, 0.5) is 0 Å². The second-order valence-electron chi connectivity index (χ2n) is 4.04. The molecule has 1 fully saturated rings. The Bertz CT molecular complexity index is 173. The van der Waals surface area contributed by atoms with Crippen molar-refractivity contribution in [2.75, 3.05) is 0 Å². The molecule has 1 aliphatic rings. The summed E-state index contributed by atoms with van der Waals surface area (Å²) in [5.74, 6) is -0.261. The maximum absolute atomic E-state index is 10.8. The van der Waals surface area contributed by atoms with Crippen molar-refractivity contribution in [1.82, 2.24) is 5.32 Å². The van der Waals surface area contributed by atoms with Gasteiger partial charge in [-0.05, 0) is 26.7 Å². The Kier molecular flexibility index (Phi) is 2.73. The minimum atomic E-state index is -0.261. The molecular weight excluding hydrogens is 152 g/mol. The van der Waals surface area contributed by atoms with Crippen LogP contribution in [-0.4, -0.2) is 17.5 Å². The summed E-state index contributed by atoms with van der Waals surface area (Å²) in [6.07, 6.45) is 4.83. The van der Waals surface area contributed by atoms with E-state index in [4.69, 9.17) is 5.73 Å². The van der Waals surface area contributed by atoms with Gasteiger partial charge in [-0.15, -0.1) is 0 Å². The first kappa shape index (κ1) is 9.52. The molecule has 0 aromatic heterocycles. The third-order valence-corrected chi connectivity index (χ3v) is 2.70. The highest BCUT2D eigenvalue weighted by Gasteiger charge is 2.30. The molecule has 0 saturated heterocycles. The van der Waals surface area contributed by atoms with Gasteiger partial charge in [0.15, 0.2) is 0 Å². The highest BCUT2D eigenvalue weighted by atomic mass is 16.1. The summed E-state index contributed by atoms with van der Waals surface area (Å²) in [7, 11) is 0. The van der Waals surface area contributed by atoms with E-state index in [1.54, 1.807) is 0 Å². The van der Waals surface area contributed by atoms with E-state index in [1.807, 2.05) is 6.92 Å². The fraction of sp³-hybridized carbons (Fsp3) is 0.889. The molecule has 12 heavy (non-hydrogen) atoms. The average molecular weight is 170 g/mol. The molecule has 0 bridgehead atoms. The van der Waals surface area contributed by atoms with E-state index in [-0.39, 0.29) is 17.5 Å². The van der Waals surface area contributed by atoms with Crippen LogP contribution in [0.15, 0.2) is 0 Å². The monoisotopic (exact) mass is 170 g/mol. The first-order valence-corrected chi connectivity index (χ1v) is 4.60. The summed E-state index contributed by atoms with van der Waals surface area (Å²) in [6, 6.07) is -0.201. The fourth-order valence-electron chi connectivity index (χ4n) is 1.89. The van der Waals surface area contributed by atoms with Crippen molar-refractivity contribution in [1.29, 1.82) is 0 Å². The van der Waals surface area contributed by atoms with Crippen LogP contribution in [-0.2, 0) is 4.79 Å². The molecule has 1 rings (SSSR count). The van der Waals surface area contributed by atoms with E-state index in [0.29, 0.717) is 0 Å². The lowest BCUT2D eigenvalue weighted by molar-refractivity contribution is -0.120. The molecule has 1 amide bonds. The zero-order chi connectivity index (χ0) is 9.19. The van der Waals surface area contributed by atoms with Crippen molar-refractivity contribution in [3.63, 3.8) is 0 Å². The summed E-state index contributed by atoms with van der Waals surface area (Å²) >= 11 is 0. The normalized spacial score (nSPS) is 23.8. The number of carbonyl (C=O) groups is 1. The highest BCUT2D eigenvalue weighted by molar-refractivity contribution is 5.79. The second kappa shape index (κ2) is 3.44. The van der Waals surface area contributed by atoms with E-state index in [1.165, 1.54) is 12.8 Å². The molecule has 0 radical (unpaired) electrons. The van der Waals surface area contributed by atoms with Crippen molar-refractivity contribution >= 4 is 5.91 Å². The zero-order valence-corrected chi connectivity index (χ0v) is 7.89. The Morgan fingerprint density at radius 3 is 2.42 bits per heavy atom. The first-order valence-electron chi connectivity index (χ1n) is 4.60. The van der Waals surface area contributed by atoms with Gasteiger partial charge in [0.05, 0.1) is 6.04 Å². The van der Waals surface area contributed by atoms with Crippen LogP contribution in [0.25, 0.3) is 0 Å². The maximum Gasteiger partial charge on any atom is 0.234 e. The number of primary amides is 1. The molecule has 0 aliphatic heterocycles. The third-order valence-electron chi connectivity index (χ3n) is 2.70. The fourth-order valence-corrected chi connectivity index (χ4v) is 1.89. The largest absolute Gasteiger partial charge is 0.368 e. The number of amides is 1. The van der Waals surface area contributed by atoms with Crippen LogP contribution >= 0.6 is 0 Å². The van der Waals surface area contributed by atoms with Gasteiger partial charge in [-0.1, -0.05) is 12.8 Å². The molecule has 0 aromatic carbocycles. The van der Waals surface area contributed by atoms with Gasteiger partial charge in [0, 0.05) is 5.54 Å². The molecule has 0 spiro atoms. The predicted molar refractivity (Wildman–Crippen MR) is 48.7 cm³/mol. The third kappa shape index (κ3) is 2.21. The van der Waals surface area contributed by atoms with Gasteiger partial charge in [-0.25, -0.2) is 0 Å². The second-order valence-corrected chi connectivity index (χ2v) is 4.04. The number of hydrogen-bond donors (Lipinski definition) is 2. The van der Waals surface area contributed by atoms with Crippen LogP contribution in [0.2, 0.25) is 0 Å². The van der Waals surface area contributed by atoms with E-state index in [0.717, 1.165) is 12.8 Å². The lowest BCUT2D eigenvalue weighted by atomic mass is 9.99. The summed E-state index contributed by atoms with van der Waals surface area (Å²) in [6.45, 7) is 3.99. The SMILES string of the molecule is CC(NC1(C)CCCC1)C(N)=O. The summed E-state index contributed by atoms with van der Waals surface area (Å²) < 4.78 is 0. The van der Waals surface area contributed by atoms with Gasteiger partial charge in [0.2, 0.25) is 5.91 Å². The number of nitrogens with one attached hydrogen (secondary N) is 1. The molecule has 3 N–H and O–H groups in total. The predicted octanol–water partition coefficient (Wildman–Crippen LogP) is 0.782. The Balaban J connectivity index is 2.43. The van der Waals surface area contributed by atoms with Crippen LogP contribution in [0.5, 0.6) is 0 Å². The lowest BCUT2D eigenvalue weighted by Gasteiger charge is -2.28. The van der Waals surface area contributed by atoms with Gasteiger partial charge in [0.1, 0.15) is 0 Å². The number of nitrogens with two attached hydrogens (primary N) is 1. The Hall–Kier alpha value is -0.570. The number of rotatable bonds is 3.